The maximum atomic E-state index is 11.8. The first-order chi connectivity index (χ1) is 11.0. The number of rotatable bonds is 4. The zero-order chi connectivity index (χ0) is 16.6. The predicted octanol–water partition coefficient (Wildman–Crippen LogP) is 3.89. The molecule has 1 unspecified atom stereocenters. The van der Waals surface area contributed by atoms with Crippen LogP contribution in [0.25, 0.3) is 16.6 Å². The van der Waals surface area contributed by atoms with Crippen LogP contribution in [0, 0.1) is 6.92 Å². The first-order valence-electron chi connectivity index (χ1n) is 7.28. The van der Waals surface area contributed by atoms with E-state index in [9.17, 15) is 4.79 Å². The Balaban J connectivity index is 2.10. The van der Waals surface area contributed by atoms with E-state index in [2.05, 4.69) is 10.2 Å². The zero-order valence-electron chi connectivity index (χ0n) is 13.0. The molecular formula is C16H16ClN3O2S. The van der Waals surface area contributed by atoms with Crippen LogP contribution >= 0.6 is 23.4 Å². The lowest BCUT2D eigenvalue weighted by molar-refractivity contribution is -0.142. The summed E-state index contributed by atoms with van der Waals surface area (Å²) in [6.07, 6.45) is 0. The highest BCUT2D eigenvalue weighted by molar-refractivity contribution is 8.00. The van der Waals surface area contributed by atoms with Crippen LogP contribution < -0.4 is 0 Å². The second-order valence-electron chi connectivity index (χ2n) is 5.18. The molecule has 0 saturated carbocycles. The van der Waals surface area contributed by atoms with Crippen molar-refractivity contribution in [2.24, 2.45) is 0 Å². The van der Waals surface area contributed by atoms with Crippen LogP contribution in [0.1, 0.15) is 19.4 Å². The number of pyridine rings is 1. The summed E-state index contributed by atoms with van der Waals surface area (Å²) in [6, 6.07) is 7.67. The molecule has 120 valence electrons. The SMILES string of the molecule is CCOC(=O)C(C)Sc1nnc2cc(C)c3cc(Cl)ccc3n12. The van der Waals surface area contributed by atoms with Gasteiger partial charge in [-0.25, -0.2) is 0 Å². The van der Waals surface area contributed by atoms with Crippen molar-refractivity contribution in [2.45, 2.75) is 31.2 Å². The molecule has 23 heavy (non-hydrogen) atoms. The summed E-state index contributed by atoms with van der Waals surface area (Å²) in [5, 5.41) is 10.5. The third-order valence-corrected chi connectivity index (χ3v) is 4.79. The number of fused-ring (bicyclic) bond motifs is 3. The van der Waals surface area contributed by atoms with E-state index in [1.807, 2.05) is 35.6 Å². The molecule has 3 rings (SSSR count). The van der Waals surface area contributed by atoms with Crippen LogP contribution in [0.5, 0.6) is 0 Å². The van der Waals surface area contributed by atoms with E-state index in [1.54, 1.807) is 13.8 Å². The molecule has 0 saturated heterocycles. The largest absolute Gasteiger partial charge is 0.465 e. The molecule has 5 nitrogen and oxygen atoms in total. The van der Waals surface area contributed by atoms with E-state index < -0.39 is 0 Å². The molecule has 1 atom stereocenters. The lowest BCUT2D eigenvalue weighted by Crippen LogP contribution is -2.17. The van der Waals surface area contributed by atoms with Gasteiger partial charge >= 0.3 is 5.97 Å². The summed E-state index contributed by atoms with van der Waals surface area (Å²) in [5.74, 6) is -0.256. The Bertz CT molecular complexity index is 894. The second-order valence-corrected chi connectivity index (χ2v) is 6.92. The Hall–Kier alpha value is -1.79. The van der Waals surface area contributed by atoms with Crippen LogP contribution in [-0.4, -0.2) is 32.4 Å². The van der Waals surface area contributed by atoms with Gasteiger partial charge in [0.05, 0.1) is 12.1 Å². The maximum Gasteiger partial charge on any atom is 0.319 e. The van der Waals surface area contributed by atoms with Crippen molar-refractivity contribution < 1.29 is 9.53 Å². The van der Waals surface area contributed by atoms with Crippen LogP contribution in [-0.2, 0) is 9.53 Å². The first kappa shape index (κ1) is 16.1. The van der Waals surface area contributed by atoms with Gasteiger partial charge in [0, 0.05) is 10.4 Å². The minimum absolute atomic E-state index is 0.256. The van der Waals surface area contributed by atoms with Gasteiger partial charge < -0.3 is 4.74 Å². The van der Waals surface area contributed by atoms with Crippen molar-refractivity contribution in [3.8, 4) is 0 Å². The topological polar surface area (TPSA) is 56.5 Å². The van der Waals surface area contributed by atoms with E-state index >= 15 is 0 Å². The lowest BCUT2D eigenvalue weighted by Gasteiger charge is -2.11. The van der Waals surface area contributed by atoms with Gasteiger partial charge in [-0.05, 0) is 50.6 Å². The maximum absolute atomic E-state index is 11.8. The minimum atomic E-state index is -0.356. The highest BCUT2D eigenvalue weighted by atomic mass is 35.5. The lowest BCUT2D eigenvalue weighted by atomic mass is 10.1. The third-order valence-electron chi connectivity index (χ3n) is 3.53. The van der Waals surface area contributed by atoms with Crippen molar-refractivity contribution in [1.82, 2.24) is 14.6 Å². The predicted molar refractivity (Wildman–Crippen MR) is 92.2 cm³/mol. The number of ether oxygens (including phenoxy) is 1. The van der Waals surface area contributed by atoms with E-state index in [4.69, 9.17) is 16.3 Å². The van der Waals surface area contributed by atoms with Gasteiger partial charge in [-0.2, -0.15) is 0 Å². The molecule has 2 aromatic heterocycles. The molecule has 0 spiro atoms. The molecule has 7 heteroatoms. The highest BCUT2D eigenvalue weighted by Gasteiger charge is 2.20. The summed E-state index contributed by atoms with van der Waals surface area (Å²) in [6.45, 7) is 5.98. The summed E-state index contributed by atoms with van der Waals surface area (Å²) in [7, 11) is 0. The number of thioether (sulfide) groups is 1. The number of hydrogen-bond acceptors (Lipinski definition) is 5. The van der Waals surface area contributed by atoms with Gasteiger partial charge in [-0.15, -0.1) is 10.2 Å². The normalized spacial score (nSPS) is 12.7. The monoisotopic (exact) mass is 349 g/mol. The van der Waals surface area contributed by atoms with Crippen molar-refractivity contribution in [3.63, 3.8) is 0 Å². The number of aromatic nitrogens is 3. The van der Waals surface area contributed by atoms with Crippen molar-refractivity contribution in [3.05, 3.63) is 34.9 Å². The Morgan fingerprint density at radius 3 is 2.91 bits per heavy atom. The molecule has 0 amide bonds. The number of nitrogens with zero attached hydrogens (tertiary/aromatic N) is 3. The Labute approximate surface area is 143 Å². The van der Waals surface area contributed by atoms with Crippen molar-refractivity contribution in [1.29, 1.82) is 0 Å². The molecule has 0 aliphatic heterocycles. The Morgan fingerprint density at radius 2 is 2.17 bits per heavy atom. The van der Waals surface area contributed by atoms with Crippen LogP contribution in [0.4, 0.5) is 0 Å². The average Bonchev–Trinajstić information content (AvgIpc) is 2.90. The molecule has 0 aliphatic rings. The fraction of sp³-hybridized carbons (Fsp3) is 0.312. The van der Waals surface area contributed by atoms with Crippen LogP contribution in [0.15, 0.2) is 29.4 Å². The zero-order valence-corrected chi connectivity index (χ0v) is 14.6. The fourth-order valence-electron chi connectivity index (χ4n) is 2.43. The number of halogens is 1. The number of carbonyl (C=O) groups excluding carboxylic acids is 1. The molecule has 0 aliphatic carbocycles. The number of benzene rings is 1. The standard InChI is InChI=1S/C16H16ClN3O2S/c1-4-22-15(21)10(3)23-16-19-18-14-7-9(2)12-8-11(17)5-6-13(12)20(14)16/h5-8,10H,4H2,1-3H3. The van der Waals surface area contributed by atoms with Gasteiger partial charge in [0.15, 0.2) is 10.8 Å². The van der Waals surface area contributed by atoms with E-state index in [-0.39, 0.29) is 11.2 Å². The summed E-state index contributed by atoms with van der Waals surface area (Å²) < 4.78 is 7.00. The number of aryl methyl sites for hydroxylation is 1. The second kappa shape index (κ2) is 6.37. The average molecular weight is 350 g/mol. The molecular weight excluding hydrogens is 334 g/mol. The molecule has 0 fully saturated rings. The van der Waals surface area contributed by atoms with Gasteiger partial charge in [0.25, 0.3) is 0 Å². The molecule has 0 N–H and O–H groups in total. The minimum Gasteiger partial charge on any atom is -0.465 e. The van der Waals surface area contributed by atoms with Gasteiger partial charge in [-0.1, -0.05) is 23.4 Å². The van der Waals surface area contributed by atoms with Gasteiger partial charge in [-0.3, -0.25) is 9.20 Å². The summed E-state index contributed by atoms with van der Waals surface area (Å²) in [4.78, 5) is 11.8. The van der Waals surface area contributed by atoms with E-state index in [1.165, 1.54) is 11.8 Å². The van der Waals surface area contributed by atoms with Gasteiger partial charge in [0.1, 0.15) is 5.25 Å². The first-order valence-corrected chi connectivity index (χ1v) is 8.54. The number of hydrogen-bond donors (Lipinski definition) is 0. The highest BCUT2D eigenvalue weighted by Crippen LogP contribution is 2.29. The van der Waals surface area contributed by atoms with Gasteiger partial charge in [0.2, 0.25) is 0 Å². The molecule has 2 heterocycles. The smallest absolute Gasteiger partial charge is 0.319 e. The molecule has 0 bridgehead atoms. The van der Waals surface area contributed by atoms with Crippen molar-refractivity contribution in [2.75, 3.05) is 6.61 Å². The molecule has 1 aromatic carbocycles. The fourth-order valence-corrected chi connectivity index (χ4v) is 3.47. The third kappa shape index (κ3) is 3.01. The number of carbonyl (C=O) groups is 1. The van der Waals surface area contributed by atoms with E-state index in [0.717, 1.165) is 22.1 Å². The van der Waals surface area contributed by atoms with Crippen LogP contribution in [0.2, 0.25) is 5.02 Å². The Kier molecular flexibility index (Phi) is 4.46. The molecule has 0 radical (unpaired) electrons. The van der Waals surface area contributed by atoms with Crippen LogP contribution in [0.3, 0.4) is 0 Å². The number of esters is 1. The van der Waals surface area contributed by atoms with Crippen molar-refractivity contribution >= 4 is 45.9 Å². The summed E-state index contributed by atoms with van der Waals surface area (Å²) in [5.41, 5.74) is 2.79. The quantitative estimate of drug-likeness (QED) is 0.528. The molecule has 3 aromatic rings. The Morgan fingerprint density at radius 1 is 1.39 bits per heavy atom. The summed E-state index contributed by atoms with van der Waals surface area (Å²) >= 11 is 7.44. The van der Waals surface area contributed by atoms with E-state index in [0.29, 0.717) is 16.8 Å².